The zero-order chi connectivity index (χ0) is 23.2. The normalized spacial score (nSPS) is 14.8. The van der Waals surface area contributed by atoms with Crippen LogP contribution in [0, 0.1) is 0 Å². The Kier molecular flexibility index (Phi) is 20.4. The number of ether oxygens (including phenoxy) is 1. The molecular formula is C24H56CoN2OSi2. The minimum Gasteiger partial charge on any atom is -0.659 e. The van der Waals surface area contributed by atoms with Gasteiger partial charge >= 0.3 is 16.8 Å². The Morgan fingerprint density at radius 3 is 0.867 bits per heavy atom. The molecule has 0 aromatic rings. The molecule has 30 heavy (non-hydrogen) atoms. The molecule has 1 aliphatic heterocycles. The monoisotopic (exact) mass is 503 g/mol. The van der Waals surface area contributed by atoms with Crippen LogP contribution in [0.25, 0.3) is 9.96 Å². The maximum atomic E-state index is 5.03. The summed E-state index contributed by atoms with van der Waals surface area (Å²) >= 11 is 0. The van der Waals surface area contributed by atoms with Gasteiger partial charge in [-0.25, -0.2) is 0 Å². The minimum absolute atomic E-state index is 0. The van der Waals surface area contributed by atoms with Crippen molar-refractivity contribution in [1.82, 2.24) is 0 Å². The molecule has 6 heteroatoms. The van der Waals surface area contributed by atoms with E-state index in [-0.39, 0.29) is 27.9 Å². The molecule has 0 bridgehead atoms. The van der Waals surface area contributed by atoms with Gasteiger partial charge in [-0.1, -0.05) is 136 Å². The van der Waals surface area contributed by atoms with E-state index < -0.39 is 16.5 Å². The van der Waals surface area contributed by atoms with Gasteiger partial charge in [0.25, 0.3) is 0 Å². The summed E-state index contributed by atoms with van der Waals surface area (Å²) < 4.78 is 4.94. The molecule has 0 aromatic heterocycles. The Balaban J connectivity index is -0.000000384. The van der Waals surface area contributed by atoms with Gasteiger partial charge in [-0.15, -0.1) is 11.1 Å². The predicted octanol–water partition coefficient (Wildman–Crippen LogP) is 9.12. The maximum Gasteiger partial charge on any atom is 2.00 e. The largest absolute Gasteiger partial charge is 2.00 e. The van der Waals surface area contributed by atoms with Crippen LogP contribution < -0.4 is 0 Å². The van der Waals surface area contributed by atoms with Gasteiger partial charge in [0.2, 0.25) is 0 Å². The van der Waals surface area contributed by atoms with Crippen molar-refractivity contribution in [2.45, 2.75) is 143 Å². The first-order valence-corrected chi connectivity index (χ1v) is 17.5. The van der Waals surface area contributed by atoms with Crippen molar-refractivity contribution in [1.29, 1.82) is 0 Å². The van der Waals surface area contributed by atoms with Gasteiger partial charge in [0.15, 0.2) is 0 Å². The number of nitrogens with zero attached hydrogens (tertiary/aromatic N) is 2. The first kappa shape index (κ1) is 35.4. The van der Waals surface area contributed by atoms with E-state index in [9.17, 15) is 0 Å². The van der Waals surface area contributed by atoms with E-state index >= 15 is 0 Å². The van der Waals surface area contributed by atoms with Crippen LogP contribution >= 0.6 is 0 Å². The van der Waals surface area contributed by atoms with Gasteiger partial charge < -0.3 is 14.7 Å². The minimum atomic E-state index is -1.23. The molecule has 3 nitrogen and oxygen atoms in total. The average molecular weight is 504 g/mol. The van der Waals surface area contributed by atoms with Crippen LogP contribution in [0.5, 0.6) is 0 Å². The van der Waals surface area contributed by atoms with E-state index in [1.165, 1.54) is 49.1 Å². The third kappa shape index (κ3) is 17.4. The summed E-state index contributed by atoms with van der Waals surface area (Å²) in [5.41, 5.74) is 0.350. The molecule has 0 aromatic carbocycles. The molecule has 0 aliphatic carbocycles. The summed E-state index contributed by atoms with van der Waals surface area (Å²) in [5, 5.41) is 0. The van der Waals surface area contributed by atoms with Gasteiger partial charge in [-0.3, -0.25) is 0 Å². The number of hydrogen-bond donors (Lipinski definition) is 0. The van der Waals surface area contributed by atoms with E-state index in [4.69, 9.17) is 14.7 Å². The van der Waals surface area contributed by atoms with Crippen molar-refractivity contribution in [3.63, 3.8) is 0 Å². The number of rotatable bonds is 8. The van der Waals surface area contributed by atoms with Crippen LogP contribution in [0.2, 0.25) is 36.3 Å². The Labute approximate surface area is 204 Å². The summed E-state index contributed by atoms with van der Waals surface area (Å²) in [6.07, 6.45) is 2.56. The van der Waals surface area contributed by atoms with E-state index in [0.29, 0.717) is 0 Å². The van der Waals surface area contributed by atoms with Gasteiger partial charge in [0, 0.05) is 13.2 Å². The summed E-state index contributed by atoms with van der Waals surface area (Å²) in [6, 6.07) is 7.82. The molecule has 1 rings (SSSR count). The van der Waals surface area contributed by atoms with E-state index in [2.05, 4.69) is 83.1 Å². The van der Waals surface area contributed by atoms with E-state index in [0.717, 1.165) is 13.2 Å². The Bertz CT molecular complexity index is 328. The molecule has 0 N–H and O–H groups in total. The first-order valence-electron chi connectivity index (χ1n) is 12.3. The second kappa shape index (κ2) is 17.3. The van der Waals surface area contributed by atoms with Crippen LogP contribution in [0.3, 0.4) is 0 Å². The van der Waals surface area contributed by atoms with Crippen LogP contribution in [0.1, 0.15) is 95.9 Å². The molecule has 0 spiro atoms. The summed E-state index contributed by atoms with van der Waals surface area (Å²) in [6.45, 7) is 29.1. The third-order valence-corrected chi connectivity index (χ3v) is 16.1. The van der Waals surface area contributed by atoms with Crippen molar-refractivity contribution in [2.24, 2.45) is 0 Å². The van der Waals surface area contributed by atoms with Gasteiger partial charge in [0.1, 0.15) is 0 Å². The molecule has 0 amide bonds. The second-order valence-electron chi connectivity index (χ2n) is 10.5. The van der Waals surface area contributed by atoms with Crippen molar-refractivity contribution < 1.29 is 21.5 Å². The topological polar surface area (TPSA) is 37.4 Å². The molecular weight excluding hydrogens is 447 g/mol. The summed E-state index contributed by atoms with van der Waals surface area (Å²) in [5.74, 6) is 0. The molecule has 1 radical (unpaired) electrons. The molecule has 0 saturated carbocycles. The molecule has 1 saturated heterocycles. The SMILES string of the molecule is C1CCOC1.CC[Si](CC)(CC)[N-]C(C)(C)C.CC[Si](CC)(CC)[N-]C(C)(C)C.[Co+2]. The van der Waals surface area contributed by atoms with Crippen LogP contribution in [0.15, 0.2) is 0 Å². The zero-order valence-corrected chi connectivity index (χ0v) is 25.7. The molecule has 185 valence electrons. The number of hydrogen-bond acceptors (Lipinski definition) is 1. The molecule has 0 atom stereocenters. The van der Waals surface area contributed by atoms with Crippen LogP contribution in [-0.4, -0.2) is 40.8 Å². The van der Waals surface area contributed by atoms with Crippen LogP contribution in [0.4, 0.5) is 0 Å². The smallest absolute Gasteiger partial charge is 0.659 e. The predicted molar refractivity (Wildman–Crippen MR) is 141 cm³/mol. The quantitative estimate of drug-likeness (QED) is 0.304. The Hall–Kier alpha value is 0.820. The second-order valence-corrected chi connectivity index (χ2v) is 20.0. The zero-order valence-electron chi connectivity index (χ0n) is 22.7. The first-order chi connectivity index (χ1) is 13.3. The standard InChI is InChI=1S/2C10H24NSi.C4H8O.Co/c2*1-7-12(8-2,9-3)11-10(4,5)6;1-2-4-5-3-1;/h2*7-9H2,1-6H3;1-4H2;/q2*-1;;+2. The van der Waals surface area contributed by atoms with Crippen molar-refractivity contribution in [3.05, 3.63) is 9.96 Å². The third-order valence-electron chi connectivity index (χ3n) is 5.92. The van der Waals surface area contributed by atoms with E-state index in [1.54, 1.807) is 0 Å². The fourth-order valence-corrected chi connectivity index (χ4v) is 10.7. The molecule has 1 fully saturated rings. The van der Waals surface area contributed by atoms with Crippen LogP contribution in [-0.2, 0) is 21.5 Å². The fraction of sp³-hybridized carbons (Fsp3) is 1.00. The Morgan fingerprint density at radius 2 is 0.800 bits per heavy atom. The van der Waals surface area contributed by atoms with E-state index in [1.807, 2.05) is 0 Å². The molecule has 1 aliphatic rings. The summed E-state index contributed by atoms with van der Waals surface area (Å²) in [7, 11) is -2.46. The van der Waals surface area contributed by atoms with Gasteiger partial charge in [-0.2, -0.15) is 0 Å². The van der Waals surface area contributed by atoms with Crippen molar-refractivity contribution in [2.75, 3.05) is 13.2 Å². The molecule has 1 heterocycles. The Morgan fingerprint density at radius 1 is 0.567 bits per heavy atom. The molecule has 0 unspecified atom stereocenters. The van der Waals surface area contributed by atoms with Crippen molar-refractivity contribution in [3.8, 4) is 0 Å². The maximum absolute atomic E-state index is 5.03. The average Bonchev–Trinajstić information content (AvgIpc) is 3.23. The van der Waals surface area contributed by atoms with Crippen molar-refractivity contribution >= 4 is 16.5 Å². The van der Waals surface area contributed by atoms with Gasteiger partial charge in [-0.05, 0) is 12.8 Å². The fourth-order valence-electron chi connectivity index (χ4n) is 3.91. The van der Waals surface area contributed by atoms with Gasteiger partial charge in [0.05, 0.1) is 0 Å². The summed E-state index contributed by atoms with van der Waals surface area (Å²) in [4.78, 5) is 10.1.